The number of carbonyl (C=O) groups excluding carboxylic acids is 1. The van der Waals surface area contributed by atoms with Crippen LogP contribution in [0.4, 0.5) is 23.0 Å². The largest absolute Gasteiger partial charge is 0.494 e. The normalized spacial score (nSPS) is 15.6. The molecule has 1 aromatic heterocycles. The molecule has 0 spiro atoms. The number of fused-ring (bicyclic) bond motifs is 1. The summed E-state index contributed by atoms with van der Waals surface area (Å²) in [6, 6.07) is 8.50. The Morgan fingerprint density at radius 3 is 2.60 bits per heavy atom. The number of rotatable bonds is 12. The SMILES string of the molecule is COC(=O)CCCCCCOc1ccc(NN2CN(C)c3c(NC4CCCCC4)ncnc32)cc1. The number of nitrogens with one attached hydrogen (secondary N) is 2. The van der Waals surface area contributed by atoms with Crippen molar-refractivity contribution in [1.82, 2.24) is 9.97 Å². The van der Waals surface area contributed by atoms with Gasteiger partial charge < -0.3 is 19.7 Å². The number of anilines is 4. The smallest absolute Gasteiger partial charge is 0.305 e. The molecule has 190 valence electrons. The minimum absolute atomic E-state index is 0.136. The van der Waals surface area contributed by atoms with Crippen LogP contribution < -0.4 is 25.4 Å². The van der Waals surface area contributed by atoms with Crippen molar-refractivity contribution in [3.05, 3.63) is 30.6 Å². The van der Waals surface area contributed by atoms with E-state index in [0.717, 1.165) is 54.4 Å². The third-order valence-corrected chi connectivity index (χ3v) is 6.63. The van der Waals surface area contributed by atoms with Crippen LogP contribution in [0.15, 0.2) is 30.6 Å². The fraction of sp³-hybridized carbons (Fsp3) is 0.577. The maximum atomic E-state index is 11.1. The van der Waals surface area contributed by atoms with Crippen LogP contribution in [0.3, 0.4) is 0 Å². The number of unbranched alkanes of at least 4 members (excludes halogenated alkanes) is 3. The molecule has 2 heterocycles. The van der Waals surface area contributed by atoms with E-state index in [1.165, 1.54) is 39.2 Å². The Balaban J connectivity index is 1.25. The van der Waals surface area contributed by atoms with E-state index < -0.39 is 0 Å². The number of ether oxygens (including phenoxy) is 2. The molecule has 2 aromatic rings. The molecule has 2 N–H and O–H groups in total. The first kappa shape index (κ1) is 24.9. The maximum Gasteiger partial charge on any atom is 0.305 e. The van der Waals surface area contributed by atoms with Crippen molar-refractivity contribution < 1.29 is 14.3 Å². The van der Waals surface area contributed by atoms with Gasteiger partial charge in [0.05, 0.1) is 19.4 Å². The van der Waals surface area contributed by atoms with Crippen LogP contribution in [0.5, 0.6) is 5.75 Å². The predicted octanol–water partition coefficient (Wildman–Crippen LogP) is 4.96. The van der Waals surface area contributed by atoms with Gasteiger partial charge in [-0.3, -0.25) is 10.2 Å². The van der Waals surface area contributed by atoms with Gasteiger partial charge >= 0.3 is 5.97 Å². The first-order valence-electron chi connectivity index (χ1n) is 12.8. The van der Waals surface area contributed by atoms with E-state index in [1.807, 2.05) is 29.3 Å². The highest BCUT2D eigenvalue weighted by Gasteiger charge is 2.29. The Morgan fingerprint density at radius 1 is 1.06 bits per heavy atom. The van der Waals surface area contributed by atoms with Crippen LogP contribution in [-0.2, 0) is 9.53 Å². The van der Waals surface area contributed by atoms with E-state index >= 15 is 0 Å². The van der Waals surface area contributed by atoms with Crippen LogP contribution in [0.25, 0.3) is 0 Å². The van der Waals surface area contributed by atoms with Crippen LogP contribution >= 0.6 is 0 Å². The Bertz CT molecular complexity index is 949. The number of benzene rings is 1. The molecule has 0 saturated heterocycles. The fourth-order valence-electron chi connectivity index (χ4n) is 4.70. The van der Waals surface area contributed by atoms with Gasteiger partial charge in [0.25, 0.3) is 0 Å². The summed E-state index contributed by atoms with van der Waals surface area (Å²) >= 11 is 0. The number of hydrogen-bond donors (Lipinski definition) is 2. The number of methoxy groups -OCH3 is 1. The number of hydrogen-bond acceptors (Lipinski definition) is 9. The molecular weight excluding hydrogens is 444 g/mol. The molecule has 1 aromatic carbocycles. The Labute approximate surface area is 208 Å². The lowest BCUT2D eigenvalue weighted by atomic mass is 9.95. The van der Waals surface area contributed by atoms with Gasteiger partial charge in [-0.1, -0.05) is 32.1 Å². The highest BCUT2D eigenvalue weighted by atomic mass is 16.5. The summed E-state index contributed by atoms with van der Waals surface area (Å²) in [7, 11) is 3.50. The number of nitrogens with zero attached hydrogens (tertiary/aromatic N) is 4. The molecule has 9 heteroatoms. The zero-order valence-corrected chi connectivity index (χ0v) is 21.0. The first-order chi connectivity index (χ1) is 17.1. The molecule has 0 radical (unpaired) electrons. The molecule has 1 fully saturated rings. The molecule has 9 nitrogen and oxygen atoms in total. The molecule has 4 rings (SSSR count). The third-order valence-electron chi connectivity index (χ3n) is 6.63. The van der Waals surface area contributed by atoms with E-state index in [1.54, 1.807) is 6.33 Å². The summed E-state index contributed by atoms with van der Waals surface area (Å²) < 4.78 is 10.5. The minimum atomic E-state index is -0.136. The molecule has 0 amide bonds. The predicted molar refractivity (Wildman–Crippen MR) is 139 cm³/mol. The molecule has 0 atom stereocenters. The summed E-state index contributed by atoms with van der Waals surface area (Å²) in [5, 5.41) is 5.71. The van der Waals surface area contributed by atoms with Crippen molar-refractivity contribution in [2.75, 3.05) is 48.1 Å². The number of hydrazine groups is 1. The van der Waals surface area contributed by atoms with Gasteiger partial charge in [-0.2, -0.15) is 0 Å². The fourth-order valence-corrected chi connectivity index (χ4v) is 4.70. The average molecular weight is 483 g/mol. The summed E-state index contributed by atoms with van der Waals surface area (Å²) in [5.74, 6) is 2.52. The number of aromatic nitrogens is 2. The van der Waals surface area contributed by atoms with Gasteiger partial charge in [0, 0.05) is 19.5 Å². The summed E-state index contributed by atoms with van der Waals surface area (Å²) in [6.07, 6.45) is 12.3. The summed E-state index contributed by atoms with van der Waals surface area (Å²) in [4.78, 5) is 22.4. The first-order valence-corrected chi connectivity index (χ1v) is 12.8. The maximum absolute atomic E-state index is 11.1. The molecular formula is C26H38N6O3. The van der Waals surface area contributed by atoms with E-state index in [9.17, 15) is 4.79 Å². The highest BCUT2D eigenvalue weighted by Crippen LogP contribution is 2.39. The highest BCUT2D eigenvalue weighted by molar-refractivity contribution is 5.83. The van der Waals surface area contributed by atoms with Gasteiger partial charge in [-0.05, 0) is 49.9 Å². The van der Waals surface area contributed by atoms with Gasteiger partial charge in [-0.25, -0.2) is 15.0 Å². The van der Waals surface area contributed by atoms with E-state index in [-0.39, 0.29) is 5.97 Å². The second-order valence-corrected chi connectivity index (χ2v) is 9.37. The van der Waals surface area contributed by atoms with Crippen molar-refractivity contribution >= 4 is 29.0 Å². The third kappa shape index (κ3) is 6.90. The summed E-state index contributed by atoms with van der Waals surface area (Å²) in [6.45, 7) is 1.35. The lowest BCUT2D eigenvalue weighted by molar-refractivity contribution is -0.140. The zero-order chi connectivity index (χ0) is 24.5. The van der Waals surface area contributed by atoms with Gasteiger partial charge in [-0.15, -0.1) is 0 Å². The van der Waals surface area contributed by atoms with Crippen molar-refractivity contribution in [2.45, 2.75) is 70.3 Å². The number of carbonyl (C=O) groups is 1. The monoisotopic (exact) mass is 482 g/mol. The summed E-state index contributed by atoms with van der Waals surface area (Å²) in [5.41, 5.74) is 5.48. The van der Waals surface area contributed by atoms with Gasteiger partial charge in [0.1, 0.15) is 24.4 Å². The van der Waals surface area contributed by atoms with Crippen molar-refractivity contribution in [3.63, 3.8) is 0 Å². The van der Waals surface area contributed by atoms with Crippen molar-refractivity contribution in [3.8, 4) is 5.75 Å². The van der Waals surface area contributed by atoms with Crippen LogP contribution in [0.2, 0.25) is 0 Å². The Kier molecular flexibility index (Phi) is 8.86. The molecule has 0 bridgehead atoms. The van der Waals surface area contributed by atoms with Crippen molar-refractivity contribution in [2.24, 2.45) is 0 Å². The minimum Gasteiger partial charge on any atom is -0.494 e. The molecule has 35 heavy (non-hydrogen) atoms. The van der Waals surface area contributed by atoms with Crippen molar-refractivity contribution in [1.29, 1.82) is 0 Å². The molecule has 1 aliphatic heterocycles. The number of esters is 1. The van der Waals surface area contributed by atoms with E-state index in [2.05, 4.69) is 37.4 Å². The van der Waals surface area contributed by atoms with E-state index in [4.69, 9.17) is 4.74 Å². The second-order valence-electron chi connectivity index (χ2n) is 9.37. The second kappa shape index (κ2) is 12.5. The van der Waals surface area contributed by atoms with E-state index in [0.29, 0.717) is 25.7 Å². The van der Waals surface area contributed by atoms with Gasteiger partial charge in [0.2, 0.25) is 0 Å². The Hall–Kier alpha value is -3.23. The molecule has 1 aliphatic carbocycles. The van der Waals surface area contributed by atoms with Crippen LogP contribution in [0, 0.1) is 0 Å². The molecule has 1 saturated carbocycles. The molecule has 0 unspecified atom stereocenters. The zero-order valence-electron chi connectivity index (χ0n) is 21.0. The standard InChI is InChI=1S/C26H38N6O3/c1-31-19-32(26-24(31)25(27-18-28-26)29-20-10-6-5-7-11-20)30-21-13-15-22(16-14-21)35-17-9-4-3-8-12-23(33)34-2/h13-16,18,20,30H,3-12,17,19H2,1-2H3,(H,27,28,29). The van der Waals surface area contributed by atoms with Crippen LogP contribution in [-0.4, -0.2) is 49.4 Å². The lowest BCUT2D eigenvalue weighted by Crippen LogP contribution is -2.33. The topological polar surface area (TPSA) is 91.9 Å². The van der Waals surface area contributed by atoms with Crippen LogP contribution in [0.1, 0.15) is 64.2 Å². The quantitative estimate of drug-likeness (QED) is 0.321. The average Bonchev–Trinajstić information content (AvgIpc) is 3.20. The molecule has 2 aliphatic rings. The lowest BCUT2D eigenvalue weighted by Gasteiger charge is -2.25. The van der Waals surface area contributed by atoms with Gasteiger partial charge in [0.15, 0.2) is 11.6 Å². The Morgan fingerprint density at radius 2 is 1.83 bits per heavy atom.